The number of hydrogen-bond donors (Lipinski definition) is 0. The third kappa shape index (κ3) is 3.54. The molecule has 1 aliphatic heterocycles. The quantitative estimate of drug-likeness (QED) is 0.805. The van der Waals surface area contributed by atoms with Gasteiger partial charge >= 0.3 is 0 Å². The molecule has 2 heteroatoms. The van der Waals surface area contributed by atoms with Crippen LogP contribution in [0.1, 0.15) is 44.9 Å². The van der Waals surface area contributed by atoms with Gasteiger partial charge in [0.15, 0.2) is 0 Å². The van der Waals surface area contributed by atoms with Crippen molar-refractivity contribution >= 4 is 5.69 Å². The highest BCUT2D eigenvalue weighted by Gasteiger charge is 2.23. The highest BCUT2D eigenvalue weighted by molar-refractivity contribution is 5.46. The molecule has 0 amide bonds. The van der Waals surface area contributed by atoms with Crippen molar-refractivity contribution in [1.29, 1.82) is 0 Å². The Labute approximate surface area is 123 Å². The molecular weight excluding hydrogens is 244 g/mol. The SMILES string of the molecule is c1ccc(N2CCN(C3CCCCCCC3)CC2)cc1. The van der Waals surface area contributed by atoms with Crippen LogP contribution in [0.15, 0.2) is 30.3 Å². The zero-order chi connectivity index (χ0) is 13.6. The summed E-state index contributed by atoms with van der Waals surface area (Å²) < 4.78 is 0. The second kappa shape index (κ2) is 7.12. The maximum Gasteiger partial charge on any atom is 0.0367 e. The van der Waals surface area contributed by atoms with Gasteiger partial charge in [0, 0.05) is 37.9 Å². The molecule has 0 radical (unpaired) electrons. The van der Waals surface area contributed by atoms with Crippen LogP contribution in [-0.4, -0.2) is 37.1 Å². The second-order valence-electron chi connectivity index (χ2n) is 6.36. The zero-order valence-corrected chi connectivity index (χ0v) is 12.6. The van der Waals surface area contributed by atoms with Crippen molar-refractivity contribution in [3.63, 3.8) is 0 Å². The molecule has 0 atom stereocenters. The van der Waals surface area contributed by atoms with E-state index < -0.39 is 0 Å². The van der Waals surface area contributed by atoms with Gasteiger partial charge in [-0.1, -0.05) is 50.3 Å². The average Bonchev–Trinajstić information content (AvgIpc) is 2.48. The van der Waals surface area contributed by atoms with Gasteiger partial charge in [-0.2, -0.15) is 0 Å². The molecule has 1 heterocycles. The number of rotatable bonds is 2. The highest BCUT2D eigenvalue weighted by atomic mass is 15.3. The van der Waals surface area contributed by atoms with E-state index in [1.54, 1.807) is 0 Å². The van der Waals surface area contributed by atoms with Crippen molar-refractivity contribution in [3.8, 4) is 0 Å². The molecule has 1 aliphatic carbocycles. The maximum atomic E-state index is 2.77. The Bertz CT molecular complexity index is 374. The predicted molar refractivity (Wildman–Crippen MR) is 86.3 cm³/mol. The van der Waals surface area contributed by atoms with Crippen molar-refractivity contribution in [3.05, 3.63) is 30.3 Å². The van der Waals surface area contributed by atoms with E-state index in [1.165, 1.54) is 76.8 Å². The number of para-hydroxylation sites is 1. The standard InChI is InChI=1S/C18H28N2/c1-2-5-9-17(10-6-3-1)19-13-15-20(16-14-19)18-11-7-4-8-12-18/h4,7-8,11-12,17H,1-3,5-6,9-10,13-16H2. The summed E-state index contributed by atoms with van der Waals surface area (Å²) >= 11 is 0. The van der Waals surface area contributed by atoms with Gasteiger partial charge in [0.25, 0.3) is 0 Å². The van der Waals surface area contributed by atoms with E-state index in [-0.39, 0.29) is 0 Å². The summed E-state index contributed by atoms with van der Waals surface area (Å²) in [5.41, 5.74) is 1.39. The Morgan fingerprint density at radius 1 is 0.700 bits per heavy atom. The fourth-order valence-corrected chi connectivity index (χ4v) is 3.78. The molecule has 0 N–H and O–H groups in total. The van der Waals surface area contributed by atoms with Gasteiger partial charge in [-0.15, -0.1) is 0 Å². The Kier molecular flexibility index (Phi) is 4.96. The van der Waals surface area contributed by atoms with Crippen LogP contribution < -0.4 is 4.90 Å². The van der Waals surface area contributed by atoms with Crippen LogP contribution in [0, 0.1) is 0 Å². The van der Waals surface area contributed by atoms with E-state index in [1.807, 2.05) is 0 Å². The molecule has 3 rings (SSSR count). The van der Waals surface area contributed by atoms with Gasteiger partial charge in [0.05, 0.1) is 0 Å². The molecule has 2 nitrogen and oxygen atoms in total. The van der Waals surface area contributed by atoms with Crippen molar-refractivity contribution in [1.82, 2.24) is 4.90 Å². The van der Waals surface area contributed by atoms with E-state index >= 15 is 0 Å². The molecule has 1 aromatic rings. The summed E-state index contributed by atoms with van der Waals surface area (Å²) in [6.07, 6.45) is 10.2. The van der Waals surface area contributed by atoms with E-state index in [9.17, 15) is 0 Å². The molecule has 2 aliphatic rings. The van der Waals surface area contributed by atoms with Crippen LogP contribution in [0.2, 0.25) is 0 Å². The number of anilines is 1. The lowest BCUT2D eigenvalue weighted by atomic mass is 9.95. The molecule has 0 bridgehead atoms. The Morgan fingerprint density at radius 3 is 1.95 bits per heavy atom. The van der Waals surface area contributed by atoms with Crippen LogP contribution in [0.25, 0.3) is 0 Å². The molecule has 0 aromatic heterocycles. The third-order valence-electron chi connectivity index (χ3n) is 5.03. The molecule has 110 valence electrons. The summed E-state index contributed by atoms with van der Waals surface area (Å²) in [4.78, 5) is 5.31. The summed E-state index contributed by atoms with van der Waals surface area (Å²) in [7, 11) is 0. The molecule has 0 spiro atoms. The van der Waals surface area contributed by atoms with Crippen molar-refractivity contribution < 1.29 is 0 Å². The number of piperazine rings is 1. The summed E-state index contributed by atoms with van der Waals surface area (Å²) in [5.74, 6) is 0. The topological polar surface area (TPSA) is 6.48 Å². The Balaban J connectivity index is 1.52. The fourth-order valence-electron chi connectivity index (χ4n) is 3.78. The van der Waals surface area contributed by atoms with Crippen LogP contribution in [0.5, 0.6) is 0 Å². The molecule has 1 saturated carbocycles. The van der Waals surface area contributed by atoms with Gasteiger partial charge in [-0.3, -0.25) is 4.90 Å². The average molecular weight is 272 g/mol. The van der Waals surface area contributed by atoms with E-state index in [4.69, 9.17) is 0 Å². The van der Waals surface area contributed by atoms with E-state index in [0.29, 0.717) is 0 Å². The van der Waals surface area contributed by atoms with Gasteiger partial charge in [0.2, 0.25) is 0 Å². The maximum absolute atomic E-state index is 2.77. The Hall–Kier alpha value is -1.02. The van der Waals surface area contributed by atoms with Gasteiger partial charge in [-0.25, -0.2) is 0 Å². The van der Waals surface area contributed by atoms with Crippen LogP contribution >= 0.6 is 0 Å². The minimum absolute atomic E-state index is 0.869. The normalized spacial score (nSPS) is 23.3. The third-order valence-corrected chi connectivity index (χ3v) is 5.03. The van der Waals surface area contributed by atoms with E-state index in [2.05, 4.69) is 40.1 Å². The fraction of sp³-hybridized carbons (Fsp3) is 0.667. The first-order valence-corrected chi connectivity index (χ1v) is 8.47. The molecule has 20 heavy (non-hydrogen) atoms. The minimum Gasteiger partial charge on any atom is -0.369 e. The summed E-state index contributed by atoms with van der Waals surface area (Å²) in [6, 6.07) is 11.8. The predicted octanol–water partition coefficient (Wildman–Crippen LogP) is 3.92. The van der Waals surface area contributed by atoms with Crippen LogP contribution in [0.4, 0.5) is 5.69 Å². The first-order chi connectivity index (χ1) is 9.93. The largest absolute Gasteiger partial charge is 0.369 e. The van der Waals surface area contributed by atoms with Crippen molar-refractivity contribution in [2.24, 2.45) is 0 Å². The lowest BCUT2D eigenvalue weighted by Gasteiger charge is -2.41. The van der Waals surface area contributed by atoms with Gasteiger partial charge in [-0.05, 0) is 25.0 Å². The molecule has 2 fully saturated rings. The molecule has 1 saturated heterocycles. The summed E-state index contributed by atoms with van der Waals surface area (Å²) in [6.45, 7) is 4.89. The Morgan fingerprint density at radius 2 is 1.30 bits per heavy atom. The van der Waals surface area contributed by atoms with Crippen LogP contribution in [-0.2, 0) is 0 Å². The zero-order valence-electron chi connectivity index (χ0n) is 12.6. The number of benzene rings is 1. The lowest BCUT2D eigenvalue weighted by Crippen LogP contribution is -2.50. The monoisotopic (exact) mass is 272 g/mol. The molecule has 1 aromatic carbocycles. The van der Waals surface area contributed by atoms with Gasteiger partial charge in [0.1, 0.15) is 0 Å². The first kappa shape index (κ1) is 13.9. The second-order valence-corrected chi connectivity index (χ2v) is 6.36. The first-order valence-electron chi connectivity index (χ1n) is 8.47. The number of nitrogens with zero attached hydrogens (tertiary/aromatic N) is 2. The minimum atomic E-state index is 0.869. The van der Waals surface area contributed by atoms with Gasteiger partial charge < -0.3 is 4.90 Å². The smallest absolute Gasteiger partial charge is 0.0367 e. The highest BCUT2D eigenvalue weighted by Crippen LogP contribution is 2.23. The molecular formula is C18H28N2. The lowest BCUT2D eigenvalue weighted by molar-refractivity contribution is 0.157. The van der Waals surface area contributed by atoms with E-state index in [0.717, 1.165) is 6.04 Å². The van der Waals surface area contributed by atoms with Crippen molar-refractivity contribution in [2.75, 3.05) is 31.1 Å². The summed E-state index contributed by atoms with van der Waals surface area (Å²) in [5, 5.41) is 0. The van der Waals surface area contributed by atoms with Crippen molar-refractivity contribution in [2.45, 2.75) is 51.0 Å². The van der Waals surface area contributed by atoms with Crippen LogP contribution in [0.3, 0.4) is 0 Å². The molecule has 0 unspecified atom stereocenters. The number of hydrogen-bond acceptors (Lipinski definition) is 2.